The van der Waals surface area contributed by atoms with E-state index in [-0.39, 0.29) is 10.3 Å². The molecule has 3 rings (SSSR count). The van der Waals surface area contributed by atoms with Crippen LogP contribution in [0.4, 0.5) is 0 Å². The molecule has 0 nitrogen and oxygen atoms in total. The molecule has 0 spiro atoms. The molecule has 0 aliphatic heterocycles. The third-order valence-corrected chi connectivity index (χ3v) is 6.66. The fourth-order valence-electron chi connectivity index (χ4n) is 5.06. The van der Waals surface area contributed by atoms with Crippen LogP contribution in [0.25, 0.3) is 0 Å². The van der Waals surface area contributed by atoms with Gasteiger partial charge < -0.3 is 0 Å². The first kappa shape index (κ1) is 19.3. The summed E-state index contributed by atoms with van der Waals surface area (Å²) in [4.78, 5) is 0. The lowest BCUT2D eigenvalue weighted by Gasteiger charge is -2.38. The van der Waals surface area contributed by atoms with Gasteiger partial charge in [-0.2, -0.15) is 0 Å². The monoisotopic (exact) mass is 330 g/mol. The Morgan fingerprint density at radius 3 is 2.00 bits per heavy atom. The smallest absolute Gasteiger partial charge is 0 e. The standard InChI is InChI=1S/C23H34.CH4.2H2/c1-3-4-5-19-8-12-21(13-9-19)23-16-14-22(15-17-23)20-10-6-18(2)7-11-20;;;/h3,6-7,10-11,19,21-23H,1,4-5,8-9,12-17H2,2H3;1H4;2*1H. The van der Waals surface area contributed by atoms with E-state index in [1.807, 2.05) is 0 Å². The summed E-state index contributed by atoms with van der Waals surface area (Å²) >= 11 is 0. The maximum absolute atomic E-state index is 3.87. The Morgan fingerprint density at radius 2 is 1.46 bits per heavy atom. The van der Waals surface area contributed by atoms with E-state index < -0.39 is 0 Å². The molecular weight excluding hydrogens is 288 g/mol. The molecule has 2 saturated carbocycles. The first-order chi connectivity index (χ1) is 11.3. The molecule has 0 bridgehead atoms. The zero-order chi connectivity index (χ0) is 16.1. The minimum absolute atomic E-state index is 0. The van der Waals surface area contributed by atoms with Crippen LogP contribution in [0.1, 0.15) is 91.5 Å². The van der Waals surface area contributed by atoms with E-state index >= 15 is 0 Å². The molecule has 0 N–H and O–H groups in total. The van der Waals surface area contributed by atoms with E-state index in [0.717, 1.165) is 23.7 Å². The maximum atomic E-state index is 3.87. The summed E-state index contributed by atoms with van der Waals surface area (Å²) < 4.78 is 0. The molecule has 2 aliphatic rings. The summed E-state index contributed by atoms with van der Waals surface area (Å²) in [7, 11) is 0. The highest BCUT2D eigenvalue weighted by Crippen LogP contribution is 2.44. The molecule has 0 heteroatoms. The molecule has 2 aliphatic carbocycles. The summed E-state index contributed by atoms with van der Waals surface area (Å²) in [6.45, 7) is 6.06. The first-order valence-corrected chi connectivity index (χ1v) is 9.93. The Bertz CT molecular complexity index is 477. The van der Waals surface area contributed by atoms with Crippen molar-refractivity contribution in [1.29, 1.82) is 0 Å². The van der Waals surface area contributed by atoms with Crippen LogP contribution in [0.3, 0.4) is 0 Å². The maximum Gasteiger partial charge on any atom is 0 e. The number of rotatable bonds is 5. The van der Waals surface area contributed by atoms with Crippen LogP contribution in [0.5, 0.6) is 0 Å². The Morgan fingerprint density at radius 1 is 0.917 bits per heavy atom. The van der Waals surface area contributed by atoms with Crippen molar-refractivity contribution >= 4 is 0 Å². The number of hydrogen-bond acceptors (Lipinski definition) is 0. The van der Waals surface area contributed by atoms with Crippen LogP contribution < -0.4 is 0 Å². The fourth-order valence-corrected chi connectivity index (χ4v) is 5.06. The van der Waals surface area contributed by atoms with Gasteiger partial charge in [-0.15, -0.1) is 6.58 Å². The van der Waals surface area contributed by atoms with Gasteiger partial charge in [-0.1, -0.05) is 56.2 Å². The topological polar surface area (TPSA) is 0 Å². The van der Waals surface area contributed by atoms with Crippen LogP contribution in [0.15, 0.2) is 36.9 Å². The summed E-state index contributed by atoms with van der Waals surface area (Å²) in [6.07, 6.45) is 16.5. The lowest BCUT2D eigenvalue weighted by atomic mass is 9.68. The normalized spacial score (nSPS) is 30.4. The molecule has 0 unspecified atom stereocenters. The van der Waals surface area contributed by atoms with Crippen molar-refractivity contribution in [2.24, 2.45) is 17.8 Å². The van der Waals surface area contributed by atoms with Gasteiger partial charge in [0, 0.05) is 2.85 Å². The SMILES string of the molecule is C.C=CCCC1CCC(C2CCC(c3ccc(C)cc3)CC2)CC1.[HH].[HH]. The molecule has 2 fully saturated rings. The summed E-state index contributed by atoms with van der Waals surface area (Å²) in [6, 6.07) is 9.30. The van der Waals surface area contributed by atoms with E-state index in [1.54, 1.807) is 5.56 Å². The second-order valence-electron chi connectivity index (χ2n) is 8.17. The van der Waals surface area contributed by atoms with Crippen LogP contribution in [0.2, 0.25) is 0 Å². The average Bonchev–Trinajstić information content (AvgIpc) is 2.61. The summed E-state index contributed by atoms with van der Waals surface area (Å²) in [5.74, 6) is 3.88. The molecule has 138 valence electrons. The van der Waals surface area contributed by atoms with E-state index in [9.17, 15) is 0 Å². The van der Waals surface area contributed by atoms with Gasteiger partial charge in [0.25, 0.3) is 0 Å². The van der Waals surface area contributed by atoms with E-state index in [2.05, 4.69) is 43.8 Å². The first-order valence-electron chi connectivity index (χ1n) is 9.93. The molecular formula is C24H42. The largest absolute Gasteiger partial charge is 0.103 e. The number of aryl methyl sites for hydroxylation is 1. The highest BCUT2D eigenvalue weighted by Gasteiger charge is 2.30. The molecule has 0 atom stereocenters. The van der Waals surface area contributed by atoms with Crippen LogP contribution in [-0.2, 0) is 0 Å². The molecule has 0 heterocycles. The van der Waals surface area contributed by atoms with Crippen molar-refractivity contribution in [3.63, 3.8) is 0 Å². The van der Waals surface area contributed by atoms with Crippen molar-refractivity contribution in [2.45, 2.75) is 84.5 Å². The minimum atomic E-state index is 0. The third kappa shape index (κ3) is 4.98. The van der Waals surface area contributed by atoms with Gasteiger partial charge >= 0.3 is 0 Å². The van der Waals surface area contributed by atoms with Crippen LogP contribution >= 0.6 is 0 Å². The van der Waals surface area contributed by atoms with Crippen LogP contribution in [0, 0.1) is 24.7 Å². The molecule has 0 amide bonds. The highest BCUT2D eigenvalue weighted by atomic mass is 14.4. The predicted octanol–water partition coefficient (Wildman–Crippen LogP) is 8.17. The Labute approximate surface area is 153 Å². The van der Waals surface area contributed by atoms with Crippen molar-refractivity contribution in [3.05, 3.63) is 48.0 Å². The molecule has 0 aromatic heterocycles. The average molecular weight is 331 g/mol. The Balaban J connectivity index is 0.00000208. The number of allylic oxidation sites excluding steroid dienone is 1. The van der Waals surface area contributed by atoms with Gasteiger partial charge in [0.1, 0.15) is 0 Å². The van der Waals surface area contributed by atoms with Gasteiger partial charge in [0.2, 0.25) is 0 Å². The molecule has 0 radical (unpaired) electrons. The zero-order valence-corrected chi connectivity index (χ0v) is 15.0. The molecule has 0 saturated heterocycles. The van der Waals surface area contributed by atoms with Crippen LogP contribution in [-0.4, -0.2) is 0 Å². The van der Waals surface area contributed by atoms with Gasteiger partial charge in [0.05, 0.1) is 0 Å². The predicted molar refractivity (Wildman–Crippen MR) is 112 cm³/mol. The second kappa shape index (κ2) is 9.44. The van der Waals surface area contributed by atoms with Crippen molar-refractivity contribution in [3.8, 4) is 0 Å². The van der Waals surface area contributed by atoms with Gasteiger partial charge in [-0.3, -0.25) is 0 Å². The number of hydrogen-bond donors (Lipinski definition) is 0. The molecule has 1 aromatic carbocycles. The summed E-state index contributed by atoms with van der Waals surface area (Å²) in [5, 5.41) is 0. The van der Waals surface area contributed by atoms with E-state index in [1.165, 1.54) is 69.8 Å². The van der Waals surface area contributed by atoms with E-state index in [0.29, 0.717) is 0 Å². The van der Waals surface area contributed by atoms with Gasteiger partial charge in [-0.25, -0.2) is 0 Å². The lowest BCUT2D eigenvalue weighted by molar-refractivity contribution is 0.157. The van der Waals surface area contributed by atoms with E-state index in [4.69, 9.17) is 0 Å². The Kier molecular flexibility index (Phi) is 7.59. The lowest BCUT2D eigenvalue weighted by Crippen LogP contribution is -2.25. The second-order valence-corrected chi connectivity index (χ2v) is 8.17. The molecule has 24 heavy (non-hydrogen) atoms. The quantitative estimate of drug-likeness (QED) is 0.477. The van der Waals surface area contributed by atoms with Crippen molar-refractivity contribution in [2.75, 3.05) is 0 Å². The minimum Gasteiger partial charge on any atom is -0.103 e. The Hall–Kier alpha value is -1.04. The summed E-state index contributed by atoms with van der Waals surface area (Å²) in [5.41, 5.74) is 2.97. The van der Waals surface area contributed by atoms with Gasteiger partial charge in [-0.05, 0) is 87.5 Å². The van der Waals surface area contributed by atoms with Crippen molar-refractivity contribution in [1.82, 2.24) is 0 Å². The van der Waals surface area contributed by atoms with Gasteiger partial charge in [0.15, 0.2) is 0 Å². The molecule has 1 aromatic rings. The highest BCUT2D eigenvalue weighted by molar-refractivity contribution is 5.24. The third-order valence-electron chi connectivity index (χ3n) is 6.66. The zero-order valence-electron chi connectivity index (χ0n) is 15.0. The fraction of sp³-hybridized carbons (Fsp3) is 0.667. The van der Waals surface area contributed by atoms with Crippen molar-refractivity contribution < 1.29 is 2.85 Å². The number of benzene rings is 1.